The SMILES string of the molecule is COc1ccccc1NC(=S)N1CCN(Cc2cn(C)nc2C)CC1. The lowest BCUT2D eigenvalue weighted by atomic mass is 10.2. The van der Waals surface area contributed by atoms with Crippen molar-refractivity contribution >= 4 is 23.0 Å². The van der Waals surface area contributed by atoms with E-state index in [0.717, 1.165) is 55.0 Å². The molecule has 25 heavy (non-hydrogen) atoms. The van der Waals surface area contributed by atoms with Crippen molar-refractivity contribution in [3.05, 3.63) is 41.7 Å². The molecule has 2 aromatic rings. The van der Waals surface area contributed by atoms with Crippen LogP contribution in [0.2, 0.25) is 0 Å². The molecule has 7 heteroatoms. The number of para-hydroxylation sites is 2. The maximum atomic E-state index is 5.58. The van der Waals surface area contributed by atoms with Gasteiger partial charge in [-0.05, 0) is 31.3 Å². The molecule has 0 saturated carbocycles. The summed E-state index contributed by atoms with van der Waals surface area (Å²) in [7, 11) is 3.64. The van der Waals surface area contributed by atoms with E-state index < -0.39 is 0 Å². The number of nitrogens with zero attached hydrogens (tertiary/aromatic N) is 4. The number of aryl methyl sites for hydroxylation is 2. The molecule has 3 rings (SSSR count). The highest BCUT2D eigenvalue weighted by Gasteiger charge is 2.20. The normalized spacial score (nSPS) is 15.2. The fourth-order valence-corrected chi connectivity index (χ4v) is 3.39. The Morgan fingerprint density at radius 3 is 2.60 bits per heavy atom. The second-order valence-corrected chi connectivity index (χ2v) is 6.69. The van der Waals surface area contributed by atoms with E-state index in [1.807, 2.05) is 36.0 Å². The van der Waals surface area contributed by atoms with Crippen molar-refractivity contribution in [1.29, 1.82) is 0 Å². The number of ether oxygens (including phenoxy) is 1. The van der Waals surface area contributed by atoms with Crippen LogP contribution in [-0.4, -0.2) is 58.0 Å². The Labute approximate surface area is 154 Å². The van der Waals surface area contributed by atoms with E-state index in [9.17, 15) is 0 Å². The standard InChI is InChI=1S/C18H25N5OS/c1-14-15(12-21(2)20-14)13-22-8-10-23(11-9-22)18(25)19-16-6-4-5-7-17(16)24-3/h4-7,12H,8-11,13H2,1-3H3,(H,19,25). The number of hydrogen-bond donors (Lipinski definition) is 1. The van der Waals surface area contributed by atoms with Gasteiger partial charge in [0, 0.05) is 51.5 Å². The molecule has 0 unspecified atom stereocenters. The molecule has 0 amide bonds. The second-order valence-electron chi connectivity index (χ2n) is 6.31. The topological polar surface area (TPSA) is 45.6 Å². The minimum atomic E-state index is 0.752. The number of aromatic nitrogens is 2. The van der Waals surface area contributed by atoms with E-state index in [4.69, 9.17) is 17.0 Å². The average Bonchev–Trinajstić information content (AvgIpc) is 2.93. The first-order valence-corrected chi connectivity index (χ1v) is 8.88. The fourth-order valence-electron chi connectivity index (χ4n) is 3.10. The first kappa shape index (κ1) is 17.7. The van der Waals surface area contributed by atoms with E-state index in [-0.39, 0.29) is 0 Å². The molecule has 0 spiro atoms. The number of methoxy groups -OCH3 is 1. The van der Waals surface area contributed by atoms with Crippen LogP contribution >= 0.6 is 12.2 Å². The van der Waals surface area contributed by atoms with Gasteiger partial charge in [-0.15, -0.1) is 0 Å². The molecule has 1 aromatic carbocycles. The smallest absolute Gasteiger partial charge is 0.173 e. The van der Waals surface area contributed by atoms with Gasteiger partial charge in [0.2, 0.25) is 0 Å². The predicted molar refractivity (Wildman–Crippen MR) is 104 cm³/mol. The highest BCUT2D eigenvalue weighted by atomic mass is 32.1. The van der Waals surface area contributed by atoms with Crippen LogP contribution in [0.25, 0.3) is 0 Å². The molecular weight excluding hydrogens is 334 g/mol. The lowest BCUT2D eigenvalue weighted by molar-refractivity contribution is 0.176. The van der Waals surface area contributed by atoms with E-state index in [0.29, 0.717) is 0 Å². The van der Waals surface area contributed by atoms with Crippen LogP contribution in [0.1, 0.15) is 11.3 Å². The van der Waals surface area contributed by atoms with Crippen molar-refractivity contribution in [2.75, 3.05) is 38.6 Å². The van der Waals surface area contributed by atoms with Gasteiger partial charge in [0.1, 0.15) is 5.75 Å². The van der Waals surface area contributed by atoms with Crippen LogP contribution in [-0.2, 0) is 13.6 Å². The quantitative estimate of drug-likeness (QED) is 0.845. The summed E-state index contributed by atoms with van der Waals surface area (Å²) in [5.74, 6) is 0.801. The highest BCUT2D eigenvalue weighted by Crippen LogP contribution is 2.23. The maximum Gasteiger partial charge on any atom is 0.173 e. The van der Waals surface area contributed by atoms with Gasteiger partial charge in [-0.2, -0.15) is 5.10 Å². The lowest BCUT2D eigenvalue weighted by Crippen LogP contribution is -2.49. The Bertz CT molecular complexity index is 737. The molecule has 1 saturated heterocycles. The van der Waals surface area contributed by atoms with Gasteiger partial charge >= 0.3 is 0 Å². The second kappa shape index (κ2) is 7.84. The molecule has 2 heterocycles. The molecule has 0 aliphatic carbocycles. The molecule has 1 fully saturated rings. The molecule has 1 aliphatic heterocycles. The van der Waals surface area contributed by atoms with E-state index in [2.05, 4.69) is 33.3 Å². The van der Waals surface area contributed by atoms with Crippen molar-refractivity contribution in [2.24, 2.45) is 7.05 Å². The van der Waals surface area contributed by atoms with Crippen molar-refractivity contribution in [3.63, 3.8) is 0 Å². The summed E-state index contributed by atoms with van der Waals surface area (Å²) in [4.78, 5) is 4.67. The van der Waals surface area contributed by atoms with Crippen molar-refractivity contribution in [2.45, 2.75) is 13.5 Å². The molecule has 0 radical (unpaired) electrons. The van der Waals surface area contributed by atoms with Gasteiger partial charge in [-0.3, -0.25) is 9.58 Å². The molecule has 0 atom stereocenters. The highest BCUT2D eigenvalue weighted by molar-refractivity contribution is 7.80. The van der Waals surface area contributed by atoms with Crippen LogP contribution < -0.4 is 10.1 Å². The minimum absolute atomic E-state index is 0.752. The third-order valence-electron chi connectivity index (χ3n) is 4.52. The summed E-state index contributed by atoms with van der Waals surface area (Å²) in [6, 6.07) is 7.83. The summed E-state index contributed by atoms with van der Waals surface area (Å²) in [6.45, 7) is 6.82. The van der Waals surface area contributed by atoms with Crippen LogP contribution in [0, 0.1) is 6.92 Å². The first-order chi connectivity index (χ1) is 12.1. The average molecular weight is 359 g/mol. The van der Waals surface area contributed by atoms with Crippen LogP contribution in [0.15, 0.2) is 30.5 Å². The van der Waals surface area contributed by atoms with Crippen LogP contribution in [0.3, 0.4) is 0 Å². The number of nitrogens with one attached hydrogen (secondary N) is 1. The van der Waals surface area contributed by atoms with Gasteiger partial charge < -0.3 is 15.0 Å². The molecular formula is C18H25N5OS. The van der Waals surface area contributed by atoms with Gasteiger partial charge in [0.05, 0.1) is 18.5 Å². The largest absolute Gasteiger partial charge is 0.495 e. The summed E-state index contributed by atoms with van der Waals surface area (Å²) < 4.78 is 7.26. The van der Waals surface area contributed by atoms with Crippen molar-refractivity contribution < 1.29 is 4.74 Å². The number of rotatable bonds is 4. The number of thiocarbonyl (C=S) groups is 1. The minimum Gasteiger partial charge on any atom is -0.495 e. The Kier molecular flexibility index (Phi) is 5.55. The first-order valence-electron chi connectivity index (χ1n) is 8.47. The maximum absolute atomic E-state index is 5.58. The number of piperazine rings is 1. The molecule has 134 valence electrons. The molecule has 1 aromatic heterocycles. The lowest BCUT2D eigenvalue weighted by Gasteiger charge is -2.36. The molecule has 6 nitrogen and oxygen atoms in total. The number of hydrogen-bond acceptors (Lipinski definition) is 4. The van der Waals surface area contributed by atoms with E-state index >= 15 is 0 Å². The molecule has 1 aliphatic rings. The van der Waals surface area contributed by atoms with Crippen molar-refractivity contribution in [3.8, 4) is 5.75 Å². The van der Waals surface area contributed by atoms with E-state index in [1.54, 1.807) is 7.11 Å². The summed E-state index contributed by atoms with van der Waals surface area (Å²) in [5, 5.41) is 8.48. The summed E-state index contributed by atoms with van der Waals surface area (Å²) >= 11 is 5.58. The Hall–Kier alpha value is -2.12. The molecule has 0 bridgehead atoms. The van der Waals surface area contributed by atoms with E-state index in [1.165, 1.54) is 5.56 Å². The Balaban J connectivity index is 1.53. The zero-order valence-corrected chi connectivity index (χ0v) is 15.8. The third-order valence-corrected chi connectivity index (χ3v) is 4.88. The van der Waals surface area contributed by atoms with Gasteiger partial charge in [0.15, 0.2) is 5.11 Å². The monoisotopic (exact) mass is 359 g/mol. The Morgan fingerprint density at radius 2 is 1.96 bits per heavy atom. The van der Waals surface area contributed by atoms with Crippen LogP contribution in [0.4, 0.5) is 5.69 Å². The number of anilines is 1. The molecule has 1 N–H and O–H groups in total. The summed E-state index contributed by atoms with van der Waals surface area (Å²) in [5.41, 5.74) is 3.31. The Morgan fingerprint density at radius 1 is 1.24 bits per heavy atom. The number of benzene rings is 1. The van der Waals surface area contributed by atoms with Crippen molar-refractivity contribution in [1.82, 2.24) is 19.6 Å². The van der Waals surface area contributed by atoms with Gasteiger partial charge in [-0.1, -0.05) is 12.1 Å². The third kappa shape index (κ3) is 4.29. The van der Waals surface area contributed by atoms with Gasteiger partial charge in [0.25, 0.3) is 0 Å². The summed E-state index contributed by atoms with van der Waals surface area (Å²) in [6.07, 6.45) is 2.11. The zero-order valence-electron chi connectivity index (χ0n) is 15.0. The zero-order chi connectivity index (χ0) is 17.8. The fraction of sp³-hybridized carbons (Fsp3) is 0.444. The van der Waals surface area contributed by atoms with Crippen LogP contribution in [0.5, 0.6) is 5.75 Å². The predicted octanol–water partition coefficient (Wildman–Crippen LogP) is 2.25. The van der Waals surface area contributed by atoms with Gasteiger partial charge in [-0.25, -0.2) is 0 Å².